The Kier molecular flexibility index (Phi) is 15.4. The number of nitrogen functional groups attached to an aromatic ring is 1. The van der Waals surface area contributed by atoms with Crippen LogP contribution >= 0.6 is 11.3 Å². The van der Waals surface area contributed by atoms with Crippen LogP contribution in [0.1, 0.15) is 116 Å². The van der Waals surface area contributed by atoms with E-state index in [2.05, 4.69) is 10.3 Å². The number of likely N-dealkylation sites (tertiary alicyclic amines) is 1. The molecule has 2 saturated carbocycles. The number of carbonyl (C=O) groups is 3. The van der Waals surface area contributed by atoms with Crippen molar-refractivity contribution in [2.45, 2.75) is 141 Å². The molecule has 2 heterocycles. The molecular weight excluding hydrogens is 630 g/mol. The van der Waals surface area contributed by atoms with Gasteiger partial charge in [-0.3, -0.25) is 14.4 Å². The maximum atomic E-state index is 14.9. The van der Waals surface area contributed by atoms with Crippen LogP contribution in [-0.4, -0.2) is 98.4 Å². The van der Waals surface area contributed by atoms with Crippen molar-refractivity contribution >= 4 is 34.2 Å². The monoisotopic (exact) mass is 691 g/mol. The quantitative estimate of drug-likeness (QED) is 0.174. The molecule has 0 bridgehead atoms. The van der Waals surface area contributed by atoms with Crippen molar-refractivity contribution < 1.29 is 29.7 Å². The summed E-state index contributed by atoms with van der Waals surface area (Å²) in [5.41, 5.74) is 6.56. The third kappa shape index (κ3) is 11.9. The lowest BCUT2D eigenvalue weighted by Gasteiger charge is -2.41. The van der Waals surface area contributed by atoms with Gasteiger partial charge in [0.05, 0.1) is 29.9 Å². The summed E-state index contributed by atoms with van der Waals surface area (Å²) in [5.74, 6) is -0.907. The van der Waals surface area contributed by atoms with Crippen molar-refractivity contribution in [2.24, 2.45) is 23.7 Å². The predicted octanol–water partition coefficient (Wildman–Crippen LogP) is 3.89. The van der Waals surface area contributed by atoms with Gasteiger partial charge in [-0.15, -0.1) is 11.3 Å². The van der Waals surface area contributed by atoms with Gasteiger partial charge in [-0.1, -0.05) is 65.2 Å². The second-order valence-electron chi connectivity index (χ2n) is 15.2. The Morgan fingerprint density at radius 1 is 1.00 bits per heavy atom. The number of nitrogens with zero attached hydrogens (tertiary/aromatic N) is 3. The number of thiazole rings is 1. The minimum absolute atomic E-state index is 0.0790. The fraction of sp³-hybridized carbons (Fsp3) is 0.833. The Morgan fingerprint density at radius 2 is 1.62 bits per heavy atom. The Bertz CT molecular complexity index is 1150. The lowest BCUT2D eigenvalue weighted by Crippen LogP contribution is -2.57. The van der Waals surface area contributed by atoms with Gasteiger partial charge in [0, 0.05) is 37.9 Å². The number of aliphatic hydroxyl groups is 3. The summed E-state index contributed by atoms with van der Waals surface area (Å²) >= 11 is 1.27. The molecule has 11 nitrogen and oxygen atoms in total. The first-order valence-corrected chi connectivity index (χ1v) is 19.5. The number of rotatable bonds is 16. The Morgan fingerprint density at radius 3 is 2.21 bits per heavy atom. The normalized spacial score (nSPS) is 21.1. The van der Waals surface area contributed by atoms with Crippen LogP contribution in [0.15, 0.2) is 5.38 Å². The first-order chi connectivity index (χ1) is 23.0. The highest BCUT2D eigenvalue weighted by Gasteiger charge is 2.40. The second kappa shape index (κ2) is 19.2. The van der Waals surface area contributed by atoms with Crippen LogP contribution in [0, 0.1) is 23.7 Å². The van der Waals surface area contributed by atoms with E-state index in [1.54, 1.807) is 10.3 Å². The Balaban J connectivity index is 1.64. The van der Waals surface area contributed by atoms with Crippen LogP contribution in [0.5, 0.6) is 0 Å². The SMILES string of the molecule is CC(C)C[C@H](O)[C@H](O)[C@H](CC1CCCCC1)N(CC(=O)N1CCC(O)CC1)C(=O)[C@@H](CC(=O)NCC1CCCCC1)Cc1csc(N)n1. The first kappa shape index (κ1) is 38.5. The van der Waals surface area contributed by atoms with Crippen LogP contribution in [0.25, 0.3) is 0 Å². The van der Waals surface area contributed by atoms with E-state index in [0.29, 0.717) is 62.1 Å². The number of amides is 3. The van der Waals surface area contributed by atoms with Gasteiger partial charge < -0.3 is 36.2 Å². The third-order valence-corrected chi connectivity index (χ3v) is 11.4. The van der Waals surface area contributed by atoms with E-state index in [1.807, 2.05) is 13.8 Å². The van der Waals surface area contributed by atoms with Crippen molar-refractivity contribution in [3.63, 3.8) is 0 Å². The summed E-state index contributed by atoms with van der Waals surface area (Å²) in [6.07, 6.45) is 10.0. The molecule has 3 fully saturated rings. The van der Waals surface area contributed by atoms with E-state index in [9.17, 15) is 29.7 Å². The van der Waals surface area contributed by atoms with Gasteiger partial charge in [0.25, 0.3) is 0 Å². The van der Waals surface area contributed by atoms with Gasteiger partial charge in [-0.25, -0.2) is 4.98 Å². The van der Waals surface area contributed by atoms with Gasteiger partial charge in [0.1, 0.15) is 12.6 Å². The van der Waals surface area contributed by atoms with Crippen molar-refractivity contribution in [2.75, 3.05) is 31.9 Å². The largest absolute Gasteiger partial charge is 0.393 e. The van der Waals surface area contributed by atoms with Gasteiger partial charge in [0.15, 0.2) is 5.13 Å². The van der Waals surface area contributed by atoms with Crippen LogP contribution < -0.4 is 11.1 Å². The van der Waals surface area contributed by atoms with E-state index < -0.39 is 36.2 Å². The highest BCUT2D eigenvalue weighted by molar-refractivity contribution is 7.13. The minimum Gasteiger partial charge on any atom is -0.393 e. The minimum atomic E-state index is -1.26. The number of hydrogen-bond acceptors (Lipinski definition) is 9. The van der Waals surface area contributed by atoms with E-state index in [-0.39, 0.29) is 43.0 Å². The molecule has 4 rings (SSSR count). The number of nitrogens with two attached hydrogens (primary N) is 1. The number of hydrogen-bond donors (Lipinski definition) is 5. The van der Waals surface area contributed by atoms with Gasteiger partial charge >= 0.3 is 0 Å². The molecule has 6 N–H and O–H groups in total. The van der Waals surface area contributed by atoms with E-state index in [4.69, 9.17) is 5.73 Å². The van der Waals surface area contributed by atoms with E-state index in [0.717, 1.165) is 44.9 Å². The fourth-order valence-corrected chi connectivity index (χ4v) is 8.49. The van der Waals surface area contributed by atoms with Gasteiger partial charge in [-0.2, -0.15) is 0 Å². The summed E-state index contributed by atoms with van der Waals surface area (Å²) in [6, 6.07) is -0.804. The molecule has 1 aromatic heterocycles. The molecule has 12 heteroatoms. The standard InChI is InChI=1S/C36H61N5O6S/c1-24(2)17-31(43)34(46)30(18-25-9-5-3-6-10-25)41(22-33(45)40-15-13-29(42)14-16-40)35(47)27(19-28-23-48-36(37)39-28)20-32(44)38-21-26-11-7-4-8-12-26/h23-27,29-31,34,42-43,46H,3-22H2,1-2H3,(H2,37,39)(H,38,44)/t27-,30+,31+,34-/m1/s1. The molecule has 2 aliphatic carbocycles. The van der Waals surface area contributed by atoms with Crippen LogP contribution in [0.3, 0.4) is 0 Å². The summed E-state index contributed by atoms with van der Waals surface area (Å²) in [4.78, 5) is 49.8. The molecule has 3 amide bonds. The van der Waals surface area contributed by atoms with Crippen LogP contribution in [-0.2, 0) is 20.8 Å². The smallest absolute Gasteiger partial charge is 0.242 e. The Hall–Kier alpha value is -2.28. The number of carbonyl (C=O) groups excluding carboxylic acids is 3. The molecule has 1 saturated heterocycles. The number of aromatic nitrogens is 1. The summed E-state index contributed by atoms with van der Waals surface area (Å²) in [5, 5.41) is 38.4. The van der Waals surface area contributed by atoms with E-state index >= 15 is 0 Å². The summed E-state index contributed by atoms with van der Waals surface area (Å²) in [6.45, 7) is 5.04. The van der Waals surface area contributed by atoms with E-state index in [1.165, 1.54) is 35.5 Å². The number of anilines is 1. The lowest BCUT2D eigenvalue weighted by molar-refractivity contribution is -0.152. The third-order valence-electron chi connectivity index (χ3n) is 10.7. The van der Waals surface area contributed by atoms with Crippen LogP contribution in [0.2, 0.25) is 0 Å². The Labute approximate surface area is 291 Å². The molecule has 0 radical (unpaired) electrons. The average Bonchev–Trinajstić information content (AvgIpc) is 3.49. The number of nitrogens with one attached hydrogen (secondary N) is 1. The molecule has 48 heavy (non-hydrogen) atoms. The molecule has 1 aliphatic heterocycles. The molecule has 0 unspecified atom stereocenters. The average molecular weight is 692 g/mol. The topological polar surface area (TPSA) is 169 Å². The molecule has 0 aromatic carbocycles. The zero-order valence-electron chi connectivity index (χ0n) is 29.2. The number of aliphatic hydroxyl groups excluding tert-OH is 3. The zero-order valence-corrected chi connectivity index (χ0v) is 30.0. The van der Waals surface area contributed by atoms with Crippen molar-refractivity contribution in [3.05, 3.63) is 11.1 Å². The highest BCUT2D eigenvalue weighted by atomic mass is 32.1. The van der Waals surface area contributed by atoms with Crippen molar-refractivity contribution in [1.29, 1.82) is 0 Å². The fourth-order valence-electron chi connectivity index (χ4n) is 7.91. The molecule has 1 aromatic rings. The molecule has 0 spiro atoms. The first-order valence-electron chi connectivity index (χ1n) is 18.6. The molecular formula is C36H61N5O6S. The second-order valence-corrected chi connectivity index (χ2v) is 16.1. The van der Waals surface area contributed by atoms with Gasteiger partial charge in [-0.05, 0) is 56.3 Å². The predicted molar refractivity (Wildman–Crippen MR) is 188 cm³/mol. The van der Waals surface area contributed by atoms with Gasteiger partial charge in [0.2, 0.25) is 17.7 Å². The maximum Gasteiger partial charge on any atom is 0.242 e. The zero-order chi connectivity index (χ0) is 34.6. The highest BCUT2D eigenvalue weighted by Crippen LogP contribution is 2.32. The lowest BCUT2D eigenvalue weighted by atomic mass is 9.81. The van der Waals surface area contributed by atoms with Crippen molar-refractivity contribution in [3.8, 4) is 0 Å². The summed E-state index contributed by atoms with van der Waals surface area (Å²) in [7, 11) is 0. The van der Waals surface area contributed by atoms with Crippen LogP contribution in [0.4, 0.5) is 5.13 Å². The summed E-state index contributed by atoms with van der Waals surface area (Å²) < 4.78 is 0. The molecule has 3 aliphatic rings. The van der Waals surface area contributed by atoms with Crippen molar-refractivity contribution in [1.82, 2.24) is 20.1 Å². The molecule has 4 atom stereocenters. The number of piperidine rings is 1. The molecule has 272 valence electrons. The maximum absolute atomic E-state index is 14.9.